The van der Waals surface area contributed by atoms with E-state index in [0.29, 0.717) is 13.2 Å². The summed E-state index contributed by atoms with van der Waals surface area (Å²) in [6.45, 7) is 7.43. The van der Waals surface area contributed by atoms with E-state index in [0.717, 1.165) is 17.4 Å². The number of phosphoric ester groups is 1. The molecule has 0 aliphatic rings. The third kappa shape index (κ3) is 12.3. The Bertz CT molecular complexity index is 216. The highest BCUT2D eigenvalue weighted by molar-refractivity contribution is 7.48. The summed E-state index contributed by atoms with van der Waals surface area (Å²) in [5.74, 6) is 0. The number of hydrogen-bond donors (Lipinski definition) is 0. The van der Waals surface area contributed by atoms with Gasteiger partial charge in [0, 0.05) is 7.11 Å². The molecule has 0 radical (unpaired) electrons. The third-order valence-electron chi connectivity index (χ3n) is 1.69. The Balaban J connectivity index is 0. The van der Waals surface area contributed by atoms with Gasteiger partial charge in [0.25, 0.3) is 0 Å². The molecule has 0 rings (SSSR count). The molecule has 5 nitrogen and oxygen atoms in total. The summed E-state index contributed by atoms with van der Waals surface area (Å²) in [6.07, 6.45) is 0.784. The minimum absolute atomic E-state index is 0.359. The lowest BCUT2D eigenvalue weighted by molar-refractivity contribution is -0.870. The maximum absolute atomic E-state index is 11.8. The summed E-state index contributed by atoms with van der Waals surface area (Å²) >= 11 is 0. The van der Waals surface area contributed by atoms with E-state index in [1.165, 1.54) is 7.11 Å². The zero-order valence-electron chi connectivity index (χ0n) is 12.4. The first-order chi connectivity index (χ1) is 7.83. The molecule has 0 amide bonds. The molecule has 0 saturated carbocycles. The van der Waals surface area contributed by atoms with Crippen LogP contribution in [0.3, 0.4) is 0 Å². The molecule has 17 heavy (non-hydrogen) atoms. The molecule has 6 heteroatoms. The molecular formula is C11H29NO4P+. The van der Waals surface area contributed by atoms with E-state index in [1.807, 2.05) is 41.9 Å². The van der Waals surface area contributed by atoms with Crippen LogP contribution in [0.15, 0.2) is 0 Å². The molecule has 0 aromatic carbocycles. The Labute approximate surface area is 106 Å². The van der Waals surface area contributed by atoms with Crippen LogP contribution in [0.2, 0.25) is 0 Å². The summed E-state index contributed by atoms with van der Waals surface area (Å²) in [6, 6.07) is 0. The summed E-state index contributed by atoms with van der Waals surface area (Å²) in [7, 11) is 4.13. The Morgan fingerprint density at radius 1 is 1.06 bits per heavy atom. The van der Waals surface area contributed by atoms with Gasteiger partial charge in [0.05, 0.1) is 27.7 Å². The van der Waals surface area contributed by atoms with Crippen molar-refractivity contribution in [2.75, 3.05) is 48.0 Å². The van der Waals surface area contributed by atoms with Gasteiger partial charge in [-0.1, -0.05) is 20.8 Å². The standard InChI is InChI=1S/C9H23NO4P.C2H6/c1-6-8-13-15(11,12-5)14-9-7-10(2,3)4;1-2/h6-9H2,1-5H3;1-2H3/q+1;. The van der Waals surface area contributed by atoms with E-state index >= 15 is 0 Å². The van der Waals surface area contributed by atoms with Crippen LogP contribution in [0, 0.1) is 0 Å². The highest BCUT2D eigenvalue weighted by Crippen LogP contribution is 2.48. The van der Waals surface area contributed by atoms with Crippen LogP contribution in [0.4, 0.5) is 0 Å². The quantitative estimate of drug-likeness (QED) is 0.502. The van der Waals surface area contributed by atoms with Crippen LogP contribution in [0.25, 0.3) is 0 Å². The van der Waals surface area contributed by atoms with Gasteiger partial charge in [-0.25, -0.2) is 4.57 Å². The van der Waals surface area contributed by atoms with Crippen molar-refractivity contribution >= 4 is 7.82 Å². The van der Waals surface area contributed by atoms with Crippen LogP contribution in [0.5, 0.6) is 0 Å². The van der Waals surface area contributed by atoms with Crippen molar-refractivity contribution in [3.05, 3.63) is 0 Å². The molecule has 0 saturated heterocycles. The van der Waals surface area contributed by atoms with Gasteiger partial charge in [0.15, 0.2) is 0 Å². The van der Waals surface area contributed by atoms with Crippen molar-refractivity contribution in [3.8, 4) is 0 Å². The molecule has 0 spiro atoms. The Morgan fingerprint density at radius 2 is 1.53 bits per heavy atom. The summed E-state index contributed by atoms with van der Waals surface area (Å²) in [4.78, 5) is 0. The lowest BCUT2D eigenvalue weighted by atomic mass is 10.5. The van der Waals surface area contributed by atoms with Crippen LogP contribution in [-0.4, -0.2) is 52.5 Å². The molecule has 0 N–H and O–H groups in total. The van der Waals surface area contributed by atoms with Crippen molar-refractivity contribution in [2.24, 2.45) is 0 Å². The fraction of sp³-hybridized carbons (Fsp3) is 1.00. The van der Waals surface area contributed by atoms with Crippen molar-refractivity contribution in [1.29, 1.82) is 0 Å². The molecule has 0 bridgehead atoms. The Kier molecular flexibility index (Phi) is 11.5. The molecule has 1 unspecified atom stereocenters. The van der Waals surface area contributed by atoms with Crippen molar-refractivity contribution < 1.29 is 22.6 Å². The Hall–Kier alpha value is 0.0700. The van der Waals surface area contributed by atoms with E-state index < -0.39 is 7.82 Å². The molecule has 0 aliphatic carbocycles. The van der Waals surface area contributed by atoms with Crippen molar-refractivity contribution in [2.45, 2.75) is 27.2 Å². The fourth-order valence-electron chi connectivity index (χ4n) is 0.772. The molecule has 106 valence electrons. The van der Waals surface area contributed by atoms with Crippen LogP contribution >= 0.6 is 7.82 Å². The average Bonchev–Trinajstić information content (AvgIpc) is 2.27. The van der Waals surface area contributed by atoms with Gasteiger partial charge < -0.3 is 4.48 Å². The van der Waals surface area contributed by atoms with Crippen LogP contribution < -0.4 is 0 Å². The number of likely N-dealkylation sites (N-methyl/N-ethyl adjacent to an activating group) is 1. The zero-order valence-corrected chi connectivity index (χ0v) is 13.3. The number of hydrogen-bond acceptors (Lipinski definition) is 4. The second kappa shape index (κ2) is 10.0. The number of phosphoric acid groups is 1. The largest absolute Gasteiger partial charge is 0.474 e. The summed E-state index contributed by atoms with van der Waals surface area (Å²) < 4.78 is 27.5. The summed E-state index contributed by atoms with van der Waals surface area (Å²) in [5.41, 5.74) is 0. The van der Waals surface area contributed by atoms with Gasteiger partial charge >= 0.3 is 7.82 Å². The highest BCUT2D eigenvalue weighted by atomic mass is 31.2. The molecule has 0 aromatic rings. The number of rotatable bonds is 8. The first kappa shape index (κ1) is 19.4. The van der Waals surface area contributed by atoms with Crippen LogP contribution in [-0.2, 0) is 18.1 Å². The van der Waals surface area contributed by atoms with E-state index in [4.69, 9.17) is 13.6 Å². The molecule has 0 heterocycles. The van der Waals surface area contributed by atoms with Gasteiger partial charge in [-0.3, -0.25) is 13.6 Å². The smallest absolute Gasteiger partial charge is 0.329 e. The van der Waals surface area contributed by atoms with Crippen LogP contribution in [0.1, 0.15) is 27.2 Å². The predicted molar refractivity (Wildman–Crippen MR) is 71.1 cm³/mol. The molecule has 0 aromatic heterocycles. The van der Waals surface area contributed by atoms with Crippen molar-refractivity contribution in [1.82, 2.24) is 0 Å². The zero-order chi connectivity index (χ0) is 13.9. The minimum atomic E-state index is -3.31. The molecule has 1 atom stereocenters. The van der Waals surface area contributed by atoms with E-state index in [9.17, 15) is 4.57 Å². The van der Waals surface area contributed by atoms with Gasteiger partial charge in [-0.05, 0) is 6.42 Å². The second-order valence-electron chi connectivity index (χ2n) is 4.31. The van der Waals surface area contributed by atoms with Gasteiger partial charge in [-0.15, -0.1) is 0 Å². The lowest BCUT2D eigenvalue weighted by Gasteiger charge is -2.24. The molecular weight excluding hydrogens is 241 g/mol. The minimum Gasteiger partial charge on any atom is -0.329 e. The second-order valence-corrected chi connectivity index (χ2v) is 6.09. The third-order valence-corrected chi connectivity index (χ3v) is 3.13. The molecule has 0 aliphatic heterocycles. The van der Waals surface area contributed by atoms with Gasteiger partial charge in [0.1, 0.15) is 13.2 Å². The summed E-state index contributed by atoms with van der Waals surface area (Å²) in [5, 5.41) is 0. The predicted octanol–water partition coefficient (Wildman–Crippen LogP) is 2.92. The van der Waals surface area contributed by atoms with E-state index in [1.54, 1.807) is 0 Å². The highest BCUT2D eigenvalue weighted by Gasteiger charge is 2.25. The average molecular weight is 270 g/mol. The van der Waals surface area contributed by atoms with E-state index in [-0.39, 0.29) is 0 Å². The first-order valence-electron chi connectivity index (χ1n) is 6.08. The van der Waals surface area contributed by atoms with Gasteiger partial charge in [0.2, 0.25) is 0 Å². The SMILES string of the molecule is CC.CCCOP(=O)(OC)OCC[N+](C)(C)C. The Morgan fingerprint density at radius 3 is 1.88 bits per heavy atom. The fourth-order valence-corrected chi connectivity index (χ4v) is 1.77. The number of quaternary nitrogens is 1. The van der Waals surface area contributed by atoms with Gasteiger partial charge in [-0.2, -0.15) is 0 Å². The lowest BCUT2D eigenvalue weighted by Crippen LogP contribution is -2.37. The maximum Gasteiger partial charge on any atom is 0.474 e. The van der Waals surface area contributed by atoms with E-state index in [2.05, 4.69) is 0 Å². The maximum atomic E-state index is 11.8. The topological polar surface area (TPSA) is 44.8 Å². The first-order valence-corrected chi connectivity index (χ1v) is 7.54. The van der Waals surface area contributed by atoms with Crippen molar-refractivity contribution in [3.63, 3.8) is 0 Å². The normalized spacial score (nSPS) is 14.8. The number of nitrogens with zero attached hydrogens (tertiary/aromatic N) is 1. The monoisotopic (exact) mass is 270 g/mol. The molecule has 0 fully saturated rings.